The first-order valence-corrected chi connectivity index (χ1v) is 9.57. The zero-order valence-electron chi connectivity index (χ0n) is 15.7. The second-order valence-electron chi connectivity index (χ2n) is 7.00. The lowest BCUT2D eigenvalue weighted by Crippen LogP contribution is -2.15. The van der Waals surface area contributed by atoms with Gasteiger partial charge in [-0.05, 0) is 34.5 Å². The minimum Gasteiger partial charge on any atom is -0.325 e. The topological polar surface area (TPSA) is 46.4 Å². The molecule has 0 radical (unpaired) electrons. The summed E-state index contributed by atoms with van der Waals surface area (Å²) in [4.78, 5) is 17.5. The van der Waals surface area contributed by atoms with Gasteiger partial charge in [-0.15, -0.1) is 0 Å². The predicted molar refractivity (Wildman–Crippen MR) is 117 cm³/mol. The van der Waals surface area contributed by atoms with E-state index >= 15 is 0 Å². The van der Waals surface area contributed by atoms with Crippen molar-refractivity contribution < 1.29 is 4.79 Å². The largest absolute Gasteiger partial charge is 0.325 e. The van der Waals surface area contributed by atoms with E-state index in [4.69, 9.17) is 0 Å². The molecule has 5 aromatic rings. The molecule has 2 heterocycles. The van der Waals surface area contributed by atoms with Gasteiger partial charge in [0.1, 0.15) is 5.65 Å². The number of hydrogen-bond donors (Lipinski definition) is 1. The molecule has 0 atom stereocenters. The molecule has 2 aromatic heterocycles. The minimum atomic E-state index is -0.0439. The second-order valence-corrected chi connectivity index (χ2v) is 7.00. The molecule has 140 valence electrons. The molecule has 0 fully saturated rings. The van der Waals surface area contributed by atoms with E-state index in [-0.39, 0.29) is 5.91 Å². The molecule has 3 aromatic carbocycles. The fourth-order valence-corrected chi connectivity index (χ4v) is 3.69. The lowest BCUT2D eigenvalue weighted by Gasteiger charge is -2.11. The quantitative estimate of drug-likeness (QED) is 0.460. The molecule has 0 saturated carbocycles. The highest BCUT2D eigenvalue weighted by Crippen LogP contribution is 2.28. The maximum absolute atomic E-state index is 12.8. The number of nitrogens with one attached hydrogen (secondary N) is 1. The van der Waals surface area contributed by atoms with E-state index in [1.807, 2.05) is 83.5 Å². The van der Waals surface area contributed by atoms with Crippen molar-refractivity contribution in [3.05, 3.63) is 103 Å². The number of imidazole rings is 1. The Morgan fingerprint density at radius 2 is 1.66 bits per heavy atom. The van der Waals surface area contributed by atoms with Gasteiger partial charge in [0.05, 0.1) is 17.8 Å². The van der Waals surface area contributed by atoms with Crippen molar-refractivity contribution in [3.8, 4) is 11.3 Å². The number of anilines is 1. The normalized spacial score (nSPS) is 11.0. The van der Waals surface area contributed by atoms with Crippen LogP contribution < -0.4 is 5.32 Å². The van der Waals surface area contributed by atoms with Crippen LogP contribution in [0.2, 0.25) is 0 Å². The number of amides is 1. The molecule has 0 saturated heterocycles. The molecule has 0 aliphatic heterocycles. The summed E-state index contributed by atoms with van der Waals surface area (Å²) in [5.74, 6) is -0.0439. The zero-order valence-corrected chi connectivity index (χ0v) is 15.7. The van der Waals surface area contributed by atoms with E-state index in [9.17, 15) is 4.79 Å². The molecular formula is C25H19N3O. The average Bonchev–Trinajstić information content (AvgIpc) is 3.18. The summed E-state index contributed by atoms with van der Waals surface area (Å²) in [6, 6.07) is 27.9. The summed E-state index contributed by atoms with van der Waals surface area (Å²) < 4.78 is 1.98. The van der Waals surface area contributed by atoms with Crippen LogP contribution in [0.5, 0.6) is 0 Å². The number of benzene rings is 3. The summed E-state index contributed by atoms with van der Waals surface area (Å²) >= 11 is 0. The van der Waals surface area contributed by atoms with E-state index in [0.717, 1.165) is 38.9 Å². The average molecular weight is 377 g/mol. The Morgan fingerprint density at radius 1 is 0.862 bits per heavy atom. The Hall–Kier alpha value is -3.92. The van der Waals surface area contributed by atoms with E-state index in [1.54, 1.807) is 0 Å². The van der Waals surface area contributed by atoms with Crippen LogP contribution in [0.4, 0.5) is 5.69 Å². The number of rotatable bonds is 4. The summed E-state index contributed by atoms with van der Waals surface area (Å²) in [6.07, 6.45) is 4.26. The number of nitrogens with zero attached hydrogens (tertiary/aromatic N) is 2. The van der Waals surface area contributed by atoms with Gasteiger partial charge < -0.3 is 9.72 Å². The molecule has 4 heteroatoms. The number of pyridine rings is 1. The second kappa shape index (κ2) is 7.24. The number of carbonyl (C=O) groups excluding carboxylic acids is 1. The minimum absolute atomic E-state index is 0.0439. The molecule has 0 bridgehead atoms. The maximum Gasteiger partial charge on any atom is 0.228 e. The molecule has 29 heavy (non-hydrogen) atoms. The van der Waals surface area contributed by atoms with Crippen LogP contribution in [0.15, 0.2) is 97.3 Å². The Bertz CT molecular complexity index is 1300. The van der Waals surface area contributed by atoms with Crippen molar-refractivity contribution in [2.75, 3.05) is 5.32 Å². The van der Waals surface area contributed by atoms with Crippen LogP contribution in [0.3, 0.4) is 0 Å². The Balaban J connectivity index is 1.44. The predicted octanol–water partition coefficient (Wildman–Crippen LogP) is 5.34. The van der Waals surface area contributed by atoms with E-state index in [2.05, 4.69) is 28.5 Å². The molecule has 0 spiro atoms. The van der Waals surface area contributed by atoms with Crippen molar-refractivity contribution in [1.29, 1.82) is 0 Å². The van der Waals surface area contributed by atoms with Crippen LogP contribution in [0.1, 0.15) is 5.56 Å². The molecule has 1 N–H and O–H groups in total. The molecular weight excluding hydrogens is 358 g/mol. The lowest BCUT2D eigenvalue weighted by molar-refractivity contribution is -0.115. The summed E-state index contributed by atoms with van der Waals surface area (Å²) in [5.41, 5.74) is 4.39. The van der Waals surface area contributed by atoms with E-state index in [1.165, 1.54) is 0 Å². The third kappa shape index (κ3) is 3.36. The van der Waals surface area contributed by atoms with Gasteiger partial charge in [0.2, 0.25) is 5.91 Å². The first-order chi connectivity index (χ1) is 14.3. The van der Waals surface area contributed by atoms with Crippen LogP contribution in [-0.4, -0.2) is 15.3 Å². The van der Waals surface area contributed by atoms with Crippen LogP contribution in [0, 0.1) is 0 Å². The van der Waals surface area contributed by atoms with Gasteiger partial charge >= 0.3 is 0 Å². The first-order valence-electron chi connectivity index (χ1n) is 9.57. The summed E-state index contributed by atoms with van der Waals surface area (Å²) in [6.45, 7) is 0. The third-order valence-electron chi connectivity index (χ3n) is 5.07. The lowest BCUT2D eigenvalue weighted by atomic mass is 10.0. The van der Waals surface area contributed by atoms with E-state index in [0.29, 0.717) is 6.42 Å². The van der Waals surface area contributed by atoms with Crippen molar-refractivity contribution in [2.45, 2.75) is 6.42 Å². The molecule has 5 rings (SSSR count). The van der Waals surface area contributed by atoms with Crippen LogP contribution >= 0.6 is 0 Å². The van der Waals surface area contributed by atoms with Gasteiger partial charge in [0, 0.05) is 18.0 Å². The summed E-state index contributed by atoms with van der Waals surface area (Å²) in [5, 5.41) is 5.33. The van der Waals surface area contributed by atoms with Gasteiger partial charge in [-0.3, -0.25) is 4.79 Å². The number of hydrogen-bond acceptors (Lipinski definition) is 2. The molecule has 0 aliphatic carbocycles. The van der Waals surface area contributed by atoms with Gasteiger partial charge in [0.25, 0.3) is 0 Å². The summed E-state index contributed by atoms with van der Waals surface area (Å²) in [7, 11) is 0. The first kappa shape index (κ1) is 17.2. The number of fused-ring (bicyclic) bond motifs is 2. The van der Waals surface area contributed by atoms with Gasteiger partial charge in [-0.2, -0.15) is 0 Å². The van der Waals surface area contributed by atoms with Crippen LogP contribution in [0.25, 0.3) is 27.7 Å². The molecule has 1 amide bonds. The Kier molecular flexibility index (Phi) is 4.30. The van der Waals surface area contributed by atoms with Gasteiger partial charge in [-0.25, -0.2) is 4.98 Å². The van der Waals surface area contributed by atoms with Crippen molar-refractivity contribution in [3.63, 3.8) is 0 Å². The van der Waals surface area contributed by atoms with Crippen molar-refractivity contribution in [1.82, 2.24) is 9.38 Å². The number of aromatic nitrogens is 2. The van der Waals surface area contributed by atoms with E-state index < -0.39 is 0 Å². The molecule has 4 nitrogen and oxygen atoms in total. The monoisotopic (exact) mass is 377 g/mol. The van der Waals surface area contributed by atoms with Crippen molar-refractivity contribution >= 4 is 28.0 Å². The van der Waals surface area contributed by atoms with Crippen LogP contribution in [-0.2, 0) is 11.2 Å². The Labute approximate surface area is 168 Å². The fourth-order valence-electron chi connectivity index (χ4n) is 3.69. The highest BCUT2D eigenvalue weighted by molar-refractivity contribution is 5.98. The molecule has 0 unspecified atom stereocenters. The van der Waals surface area contributed by atoms with Gasteiger partial charge in [-0.1, -0.05) is 66.7 Å². The SMILES string of the molecule is O=C(Cc1cccc2ccccc12)Nc1ccccc1-c1cn2ccccc2n1. The highest BCUT2D eigenvalue weighted by atomic mass is 16.1. The van der Waals surface area contributed by atoms with Crippen molar-refractivity contribution in [2.24, 2.45) is 0 Å². The Morgan fingerprint density at radius 3 is 2.59 bits per heavy atom. The maximum atomic E-state index is 12.8. The number of para-hydroxylation sites is 1. The highest BCUT2D eigenvalue weighted by Gasteiger charge is 2.12. The fraction of sp³-hybridized carbons (Fsp3) is 0.0400. The van der Waals surface area contributed by atoms with Gasteiger partial charge in [0.15, 0.2) is 0 Å². The standard InChI is InChI=1S/C25H19N3O/c29-25(16-19-10-7-9-18-8-1-2-11-20(18)19)27-22-13-4-3-12-21(22)23-17-28-15-6-5-14-24(28)26-23/h1-15,17H,16H2,(H,27,29). The smallest absolute Gasteiger partial charge is 0.228 e. The zero-order chi connectivity index (χ0) is 19.6. The third-order valence-corrected chi connectivity index (χ3v) is 5.07. The number of carbonyl (C=O) groups is 1. The molecule has 0 aliphatic rings.